The number of unbranched alkanes of at least 4 members (excludes halogenated alkanes) is 2. The van der Waals surface area contributed by atoms with E-state index >= 15 is 0 Å². The number of aryl methyl sites for hydroxylation is 1. The highest BCUT2D eigenvalue weighted by atomic mass is 16.4. The molecule has 0 fully saturated rings. The van der Waals surface area contributed by atoms with Gasteiger partial charge in [0.2, 0.25) is 5.91 Å². The first-order valence-corrected chi connectivity index (χ1v) is 12.1. The van der Waals surface area contributed by atoms with Crippen LogP contribution >= 0.6 is 0 Å². The number of rotatable bonds is 10. The van der Waals surface area contributed by atoms with E-state index in [9.17, 15) is 14.4 Å². The first-order chi connectivity index (χ1) is 17.0. The number of carboxylic acids is 1. The predicted octanol–water partition coefficient (Wildman–Crippen LogP) is 3.98. The van der Waals surface area contributed by atoms with Gasteiger partial charge in [-0.1, -0.05) is 55.0 Å². The van der Waals surface area contributed by atoms with E-state index in [2.05, 4.69) is 0 Å². The van der Waals surface area contributed by atoms with Crippen molar-refractivity contribution in [3.05, 3.63) is 77.4 Å². The maximum Gasteiger partial charge on any atom is 0.305 e. The molecule has 7 nitrogen and oxygen atoms in total. The van der Waals surface area contributed by atoms with E-state index in [1.54, 1.807) is 4.90 Å². The third-order valence-electron chi connectivity index (χ3n) is 6.47. The number of aliphatic carboxylic acids is 1. The first-order valence-electron chi connectivity index (χ1n) is 12.1. The fraction of sp³-hybridized carbons (Fsp3) is 0.321. The molecule has 7 heteroatoms. The predicted molar refractivity (Wildman–Crippen MR) is 136 cm³/mol. The Kier molecular flexibility index (Phi) is 7.77. The van der Waals surface area contributed by atoms with Gasteiger partial charge in [-0.3, -0.25) is 14.4 Å². The van der Waals surface area contributed by atoms with Gasteiger partial charge in [0.25, 0.3) is 5.91 Å². The number of hydrogen-bond acceptors (Lipinski definition) is 4. The van der Waals surface area contributed by atoms with Crippen LogP contribution in [0.2, 0.25) is 0 Å². The Morgan fingerprint density at radius 2 is 1.77 bits per heavy atom. The Balaban J connectivity index is 1.70. The van der Waals surface area contributed by atoms with E-state index in [4.69, 9.17) is 10.8 Å². The molecule has 0 saturated carbocycles. The molecule has 2 amide bonds. The van der Waals surface area contributed by atoms with Gasteiger partial charge in [0.05, 0.1) is 24.2 Å². The van der Waals surface area contributed by atoms with Gasteiger partial charge in [-0.05, 0) is 59.8 Å². The lowest BCUT2D eigenvalue weighted by molar-refractivity contribution is -0.137. The largest absolute Gasteiger partial charge is 0.481 e. The Hall–Kier alpha value is -3.71. The fourth-order valence-electron chi connectivity index (χ4n) is 4.61. The molecular weight excluding hydrogens is 442 g/mol. The average Bonchev–Trinajstić information content (AvgIpc) is 2.95. The normalized spacial score (nSPS) is 13.7. The molecule has 35 heavy (non-hydrogen) atoms. The molecule has 182 valence electrons. The van der Waals surface area contributed by atoms with Crippen molar-refractivity contribution in [3.8, 4) is 0 Å². The van der Waals surface area contributed by atoms with E-state index < -0.39 is 5.97 Å². The molecule has 0 radical (unpaired) electrons. The maximum atomic E-state index is 13.5. The van der Waals surface area contributed by atoms with Gasteiger partial charge in [-0.2, -0.15) is 0 Å². The molecule has 0 atom stereocenters. The van der Waals surface area contributed by atoms with Gasteiger partial charge >= 0.3 is 5.97 Å². The van der Waals surface area contributed by atoms with E-state index in [-0.39, 0.29) is 31.3 Å². The highest BCUT2D eigenvalue weighted by Crippen LogP contribution is 2.30. The number of nitrogens with two attached hydrogens (primary N) is 1. The monoisotopic (exact) mass is 473 g/mol. The molecule has 0 spiro atoms. The van der Waals surface area contributed by atoms with Crippen LogP contribution in [-0.2, 0) is 22.6 Å². The van der Waals surface area contributed by atoms with Crippen LogP contribution in [0.25, 0.3) is 10.8 Å². The summed E-state index contributed by atoms with van der Waals surface area (Å²) in [5.41, 5.74) is 8.61. The van der Waals surface area contributed by atoms with Crippen LogP contribution in [0, 0.1) is 0 Å². The van der Waals surface area contributed by atoms with Crippen molar-refractivity contribution < 1.29 is 19.5 Å². The van der Waals surface area contributed by atoms with Gasteiger partial charge in [-0.25, -0.2) is 0 Å². The van der Waals surface area contributed by atoms with Crippen LogP contribution in [0.1, 0.15) is 47.2 Å². The number of benzene rings is 3. The lowest BCUT2D eigenvalue weighted by atomic mass is 10.0. The number of carbonyl (C=O) groups excluding carboxylic acids is 2. The van der Waals surface area contributed by atoms with Gasteiger partial charge in [0.1, 0.15) is 6.54 Å². The molecule has 0 unspecified atom stereocenters. The molecular formula is C28H31N3O4. The molecule has 3 N–H and O–H groups in total. The van der Waals surface area contributed by atoms with Crippen LogP contribution in [-0.4, -0.2) is 47.4 Å². The molecule has 1 heterocycles. The highest BCUT2D eigenvalue weighted by molar-refractivity contribution is 6.10. The lowest BCUT2D eigenvalue weighted by Gasteiger charge is -2.24. The minimum Gasteiger partial charge on any atom is -0.481 e. The minimum absolute atomic E-state index is 0.0117. The molecule has 0 aromatic heterocycles. The number of hydrogen-bond donors (Lipinski definition) is 2. The van der Waals surface area contributed by atoms with Gasteiger partial charge in [0.15, 0.2) is 0 Å². The van der Waals surface area contributed by atoms with E-state index in [1.165, 1.54) is 4.90 Å². The molecule has 0 aliphatic carbocycles. The van der Waals surface area contributed by atoms with Gasteiger partial charge < -0.3 is 20.6 Å². The van der Waals surface area contributed by atoms with Crippen molar-refractivity contribution in [1.82, 2.24) is 4.90 Å². The summed E-state index contributed by atoms with van der Waals surface area (Å²) in [5.74, 6) is -1.54. The summed E-state index contributed by atoms with van der Waals surface area (Å²) in [7, 11) is 0. The summed E-state index contributed by atoms with van der Waals surface area (Å²) in [6.07, 6.45) is 3.53. The molecule has 1 aliphatic rings. The summed E-state index contributed by atoms with van der Waals surface area (Å²) < 4.78 is 0. The second kappa shape index (κ2) is 11.1. The minimum atomic E-state index is -1.00. The number of nitrogens with zero attached hydrogens (tertiary/aromatic N) is 2. The summed E-state index contributed by atoms with van der Waals surface area (Å²) >= 11 is 0. The van der Waals surface area contributed by atoms with E-state index in [0.717, 1.165) is 47.6 Å². The number of carboxylic acid groups (broad SMARTS) is 1. The third kappa shape index (κ3) is 5.69. The average molecular weight is 474 g/mol. The van der Waals surface area contributed by atoms with Gasteiger partial charge in [-0.15, -0.1) is 0 Å². The van der Waals surface area contributed by atoms with Crippen LogP contribution in [0.4, 0.5) is 5.69 Å². The first kappa shape index (κ1) is 24.4. The lowest BCUT2D eigenvalue weighted by Crippen LogP contribution is -2.40. The summed E-state index contributed by atoms with van der Waals surface area (Å²) in [5, 5.41) is 11.3. The van der Waals surface area contributed by atoms with E-state index in [0.29, 0.717) is 24.3 Å². The highest BCUT2D eigenvalue weighted by Gasteiger charge is 2.32. The van der Waals surface area contributed by atoms with E-state index in [1.807, 2.05) is 60.7 Å². The van der Waals surface area contributed by atoms with Crippen molar-refractivity contribution in [3.63, 3.8) is 0 Å². The Morgan fingerprint density at radius 3 is 2.57 bits per heavy atom. The third-order valence-corrected chi connectivity index (χ3v) is 6.47. The quantitative estimate of drug-likeness (QED) is 0.434. The Morgan fingerprint density at radius 1 is 0.971 bits per heavy atom. The van der Waals surface area contributed by atoms with Crippen LogP contribution in [0.3, 0.4) is 0 Å². The van der Waals surface area contributed by atoms with Crippen LogP contribution < -0.4 is 10.6 Å². The standard InChI is InChI=1S/C28H31N3O4/c29-15-5-1-2-7-20-12-13-25-24(17-20)28(35)30(16-14-27(33)34)19-26(32)31(25)18-22-10-6-9-21-8-3-4-11-23(21)22/h3-4,6,8-13,17H,1-2,5,7,14-16,18-19,29H2,(H,33,34). The molecule has 0 bridgehead atoms. The SMILES string of the molecule is NCCCCCc1ccc2c(c1)C(=O)N(CCC(=O)O)CC(=O)N2Cc1cccc2ccccc12. The second-order valence-electron chi connectivity index (χ2n) is 8.94. The zero-order valence-corrected chi connectivity index (χ0v) is 19.8. The topological polar surface area (TPSA) is 104 Å². The zero-order chi connectivity index (χ0) is 24.8. The number of fused-ring (bicyclic) bond motifs is 2. The van der Waals surface area contributed by atoms with Crippen LogP contribution in [0.15, 0.2) is 60.7 Å². The molecule has 4 rings (SSSR count). The molecule has 3 aromatic carbocycles. The Labute approximate surface area is 205 Å². The van der Waals surface area contributed by atoms with Crippen molar-refractivity contribution in [2.24, 2.45) is 5.73 Å². The van der Waals surface area contributed by atoms with Gasteiger partial charge in [0, 0.05) is 6.54 Å². The number of amides is 2. The summed E-state index contributed by atoms with van der Waals surface area (Å²) in [4.78, 5) is 41.1. The van der Waals surface area contributed by atoms with Crippen molar-refractivity contribution in [2.75, 3.05) is 24.5 Å². The van der Waals surface area contributed by atoms with Crippen molar-refractivity contribution in [2.45, 2.75) is 38.6 Å². The number of carbonyl (C=O) groups is 3. The second-order valence-corrected chi connectivity index (χ2v) is 8.94. The number of anilines is 1. The zero-order valence-electron chi connectivity index (χ0n) is 19.8. The summed E-state index contributed by atoms with van der Waals surface area (Å²) in [6.45, 7) is 0.815. The van der Waals surface area contributed by atoms with Crippen LogP contribution in [0.5, 0.6) is 0 Å². The van der Waals surface area contributed by atoms with Crippen molar-refractivity contribution in [1.29, 1.82) is 0 Å². The van der Waals surface area contributed by atoms with Crippen molar-refractivity contribution >= 4 is 34.2 Å². The molecule has 1 aliphatic heterocycles. The molecule has 0 saturated heterocycles. The maximum absolute atomic E-state index is 13.5. The molecule has 3 aromatic rings. The fourth-order valence-corrected chi connectivity index (χ4v) is 4.61. The summed E-state index contributed by atoms with van der Waals surface area (Å²) in [6, 6.07) is 19.7. The Bertz CT molecular complexity index is 1230. The smallest absolute Gasteiger partial charge is 0.305 e.